The molecule has 114 valence electrons. The molecule has 0 spiro atoms. The van der Waals surface area contributed by atoms with Crippen LogP contribution < -0.4 is 0 Å². The van der Waals surface area contributed by atoms with E-state index in [-0.39, 0.29) is 0 Å². The minimum atomic E-state index is 0.578. The second-order valence-electron chi connectivity index (χ2n) is 4.97. The largest absolute Gasteiger partial charge is 0.429 e. The maximum atomic E-state index is 6.29. The number of benzene rings is 2. The second kappa shape index (κ2) is 6.04. The van der Waals surface area contributed by atoms with Crippen LogP contribution in [0.2, 0.25) is 10.0 Å². The van der Waals surface area contributed by atoms with Gasteiger partial charge in [-0.05, 0) is 29.8 Å². The molecule has 0 bridgehead atoms. The topological polar surface area (TPSA) is 38.9 Å². The third-order valence-electron chi connectivity index (χ3n) is 3.49. The highest BCUT2D eigenvalue weighted by molar-refractivity contribution is 7.98. The minimum absolute atomic E-state index is 0.578. The van der Waals surface area contributed by atoms with Crippen LogP contribution in [0, 0.1) is 0 Å². The lowest BCUT2D eigenvalue weighted by Gasteiger charge is -2.00. The van der Waals surface area contributed by atoms with Crippen molar-refractivity contribution in [3.05, 3.63) is 64.3 Å². The van der Waals surface area contributed by atoms with E-state index in [1.165, 1.54) is 11.8 Å². The van der Waals surface area contributed by atoms with Crippen LogP contribution in [0.3, 0.4) is 0 Å². The highest BCUT2D eigenvalue weighted by Gasteiger charge is 2.14. The lowest BCUT2D eigenvalue weighted by molar-refractivity contribution is 0.491. The van der Waals surface area contributed by atoms with Gasteiger partial charge in [0.2, 0.25) is 0 Å². The van der Waals surface area contributed by atoms with Crippen molar-refractivity contribution in [2.75, 3.05) is 0 Å². The van der Waals surface area contributed by atoms with Gasteiger partial charge in [0, 0.05) is 22.4 Å². The normalized spacial score (nSPS) is 11.4. The predicted octanol–water partition coefficient (Wildman–Crippen LogP) is 5.98. The van der Waals surface area contributed by atoms with Gasteiger partial charge in [-0.25, -0.2) is 4.98 Å². The molecule has 0 aliphatic heterocycles. The number of fused-ring (bicyclic) bond motifs is 3. The van der Waals surface area contributed by atoms with Crippen molar-refractivity contribution in [3.8, 4) is 0 Å². The predicted molar refractivity (Wildman–Crippen MR) is 95.3 cm³/mol. The fourth-order valence-electron chi connectivity index (χ4n) is 2.37. The molecule has 0 N–H and O–H groups in total. The van der Waals surface area contributed by atoms with Crippen molar-refractivity contribution in [1.82, 2.24) is 9.97 Å². The molecule has 0 radical (unpaired) electrons. The summed E-state index contributed by atoms with van der Waals surface area (Å²) in [5, 5.41) is 2.80. The molecule has 4 rings (SSSR count). The van der Waals surface area contributed by atoms with Gasteiger partial charge in [-0.2, -0.15) is 0 Å². The molecular weight excluding hydrogens is 351 g/mol. The van der Waals surface area contributed by atoms with Crippen molar-refractivity contribution in [2.24, 2.45) is 0 Å². The van der Waals surface area contributed by atoms with Crippen LogP contribution in [0.5, 0.6) is 0 Å². The number of aromatic nitrogens is 2. The summed E-state index contributed by atoms with van der Waals surface area (Å²) in [4.78, 5) is 8.86. The van der Waals surface area contributed by atoms with Crippen molar-refractivity contribution >= 4 is 57.0 Å². The van der Waals surface area contributed by atoms with E-state index in [1.807, 2.05) is 42.5 Å². The number of pyridine rings is 1. The highest BCUT2D eigenvalue weighted by Crippen LogP contribution is 2.34. The van der Waals surface area contributed by atoms with E-state index in [0.717, 1.165) is 21.5 Å². The number of oxazole rings is 1. The van der Waals surface area contributed by atoms with Gasteiger partial charge in [0.15, 0.2) is 5.58 Å². The van der Waals surface area contributed by atoms with Gasteiger partial charge in [0.25, 0.3) is 5.22 Å². The van der Waals surface area contributed by atoms with Crippen molar-refractivity contribution in [3.63, 3.8) is 0 Å². The molecule has 0 unspecified atom stereocenters. The van der Waals surface area contributed by atoms with Crippen LogP contribution in [-0.4, -0.2) is 9.97 Å². The van der Waals surface area contributed by atoms with E-state index < -0.39 is 0 Å². The van der Waals surface area contributed by atoms with E-state index in [2.05, 4.69) is 9.97 Å². The molecule has 2 aromatic heterocycles. The summed E-state index contributed by atoms with van der Waals surface area (Å²) in [6.45, 7) is 0. The zero-order chi connectivity index (χ0) is 15.8. The maximum Gasteiger partial charge on any atom is 0.257 e. The first-order valence-corrected chi connectivity index (χ1v) is 8.66. The molecular formula is C17H10Cl2N2OS. The molecule has 0 saturated carbocycles. The summed E-state index contributed by atoms with van der Waals surface area (Å²) in [7, 11) is 0. The van der Waals surface area contributed by atoms with Crippen molar-refractivity contribution in [1.29, 1.82) is 0 Å². The Hall–Kier alpha value is -1.75. The van der Waals surface area contributed by atoms with Gasteiger partial charge >= 0.3 is 0 Å². The van der Waals surface area contributed by atoms with Crippen molar-refractivity contribution in [2.45, 2.75) is 11.0 Å². The SMILES string of the molecule is Clc1ccccc1CSc1nc2cc(Cl)c3cccnc3c2o1. The monoisotopic (exact) mass is 360 g/mol. The first-order chi connectivity index (χ1) is 11.2. The third kappa shape index (κ3) is 2.78. The minimum Gasteiger partial charge on any atom is -0.429 e. The Bertz CT molecular complexity index is 1020. The fourth-order valence-corrected chi connectivity index (χ4v) is 3.75. The first-order valence-electron chi connectivity index (χ1n) is 6.92. The lowest BCUT2D eigenvalue weighted by atomic mass is 10.2. The molecule has 0 aliphatic rings. The maximum absolute atomic E-state index is 6.29. The second-order valence-corrected chi connectivity index (χ2v) is 6.71. The molecule has 2 heterocycles. The molecule has 4 aromatic rings. The zero-order valence-corrected chi connectivity index (χ0v) is 14.1. The summed E-state index contributed by atoms with van der Waals surface area (Å²) in [5.41, 5.74) is 3.14. The number of thioether (sulfide) groups is 1. The van der Waals surface area contributed by atoms with Crippen LogP contribution in [0.15, 0.2) is 58.3 Å². The number of rotatable bonds is 3. The molecule has 0 saturated heterocycles. The van der Waals surface area contributed by atoms with Crippen LogP contribution in [0.4, 0.5) is 0 Å². The number of hydrogen-bond donors (Lipinski definition) is 0. The summed E-state index contributed by atoms with van der Waals surface area (Å²) < 4.78 is 5.89. The van der Waals surface area contributed by atoms with Gasteiger partial charge in [-0.3, -0.25) is 4.98 Å². The van der Waals surface area contributed by atoms with E-state index in [4.69, 9.17) is 27.6 Å². The molecule has 0 aliphatic carbocycles. The number of hydrogen-bond acceptors (Lipinski definition) is 4. The smallest absolute Gasteiger partial charge is 0.257 e. The van der Waals surface area contributed by atoms with E-state index in [9.17, 15) is 0 Å². The quantitative estimate of drug-likeness (QED) is 0.421. The van der Waals surface area contributed by atoms with Gasteiger partial charge in [-0.15, -0.1) is 0 Å². The molecule has 2 aromatic carbocycles. The standard InChI is InChI=1S/C17H10Cl2N2OS/c18-12-6-2-1-4-10(12)9-23-17-21-14-8-13(19)11-5-3-7-20-15(11)16(14)22-17/h1-8H,9H2. The van der Waals surface area contributed by atoms with Gasteiger partial charge in [0.1, 0.15) is 11.0 Å². The fraction of sp³-hybridized carbons (Fsp3) is 0.0588. The van der Waals surface area contributed by atoms with Crippen LogP contribution in [0.1, 0.15) is 5.56 Å². The van der Waals surface area contributed by atoms with Crippen LogP contribution in [0.25, 0.3) is 22.0 Å². The van der Waals surface area contributed by atoms with Gasteiger partial charge in [-0.1, -0.05) is 53.2 Å². The Morgan fingerprint density at radius 3 is 2.78 bits per heavy atom. The summed E-state index contributed by atoms with van der Waals surface area (Å²) >= 11 is 14.0. The number of nitrogens with zero attached hydrogens (tertiary/aromatic N) is 2. The van der Waals surface area contributed by atoms with E-state index in [1.54, 1.807) is 6.20 Å². The average molecular weight is 361 g/mol. The lowest BCUT2D eigenvalue weighted by Crippen LogP contribution is -1.81. The van der Waals surface area contributed by atoms with E-state index >= 15 is 0 Å². The van der Waals surface area contributed by atoms with Gasteiger partial charge < -0.3 is 4.42 Å². The Balaban J connectivity index is 1.72. The molecule has 3 nitrogen and oxygen atoms in total. The zero-order valence-electron chi connectivity index (χ0n) is 11.8. The molecule has 23 heavy (non-hydrogen) atoms. The Kier molecular flexibility index (Phi) is 3.89. The Labute approximate surface area is 146 Å². The summed E-state index contributed by atoms with van der Waals surface area (Å²) in [6.07, 6.45) is 1.72. The third-order valence-corrected chi connectivity index (χ3v) is 5.04. The van der Waals surface area contributed by atoms with Crippen molar-refractivity contribution < 1.29 is 4.42 Å². The Morgan fingerprint density at radius 1 is 1.04 bits per heavy atom. The molecule has 0 fully saturated rings. The highest BCUT2D eigenvalue weighted by atomic mass is 35.5. The molecule has 0 amide bonds. The van der Waals surface area contributed by atoms with E-state index in [0.29, 0.717) is 27.1 Å². The van der Waals surface area contributed by atoms with Crippen LogP contribution >= 0.6 is 35.0 Å². The van der Waals surface area contributed by atoms with Crippen LogP contribution in [-0.2, 0) is 5.75 Å². The first kappa shape index (κ1) is 14.8. The average Bonchev–Trinajstić information content (AvgIpc) is 2.97. The summed E-state index contributed by atoms with van der Waals surface area (Å²) in [5.74, 6) is 0.686. The summed E-state index contributed by atoms with van der Waals surface area (Å²) in [6, 6.07) is 13.3. The molecule has 6 heteroatoms. The number of halogens is 2. The Morgan fingerprint density at radius 2 is 1.91 bits per heavy atom. The molecule has 0 atom stereocenters. The van der Waals surface area contributed by atoms with Gasteiger partial charge in [0.05, 0.1) is 5.02 Å².